The average Bonchev–Trinajstić information content (AvgIpc) is 2.38. The zero-order valence-electron chi connectivity index (χ0n) is 10.7. The molecular weight excluding hydrogens is 216 g/mol. The SMILES string of the molecule is CCCCNC(=O)N(C)c1ccccc1OC. The van der Waals surface area contributed by atoms with E-state index in [1.807, 2.05) is 24.3 Å². The van der Waals surface area contributed by atoms with Gasteiger partial charge in [-0.05, 0) is 18.6 Å². The van der Waals surface area contributed by atoms with Crippen LogP contribution in [0, 0.1) is 0 Å². The number of hydrogen-bond acceptors (Lipinski definition) is 2. The molecule has 0 aliphatic rings. The van der Waals surface area contributed by atoms with Gasteiger partial charge in [-0.25, -0.2) is 4.79 Å². The average molecular weight is 236 g/mol. The highest BCUT2D eigenvalue weighted by Gasteiger charge is 2.13. The lowest BCUT2D eigenvalue weighted by Gasteiger charge is -2.20. The Labute approximate surface area is 103 Å². The second-order valence-corrected chi connectivity index (χ2v) is 3.82. The highest BCUT2D eigenvalue weighted by Crippen LogP contribution is 2.26. The molecule has 0 radical (unpaired) electrons. The molecular formula is C13H20N2O2. The molecule has 0 bridgehead atoms. The Balaban J connectivity index is 2.67. The highest BCUT2D eigenvalue weighted by atomic mass is 16.5. The number of urea groups is 1. The minimum atomic E-state index is -0.108. The van der Waals surface area contributed by atoms with Crippen molar-refractivity contribution < 1.29 is 9.53 Å². The zero-order chi connectivity index (χ0) is 12.7. The maximum absolute atomic E-state index is 11.8. The van der Waals surface area contributed by atoms with Gasteiger partial charge < -0.3 is 10.1 Å². The molecule has 0 heterocycles. The van der Waals surface area contributed by atoms with Crippen LogP contribution < -0.4 is 15.0 Å². The third-order valence-corrected chi connectivity index (χ3v) is 2.56. The van der Waals surface area contributed by atoms with Crippen molar-refractivity contribution in [2.24, 2.45) is 0 Å². The first-order chi connectivity index (χ1) is 8.20. The van der Waals surface area contributed by atoms with Gasteiger partial charge in [0.15, 0.2) is 0 Å². The van der Waals surface area contributed by atoms with Crippen molar-refractivity contribution in [3.63, 3.8) is 0 Å². The van der Waals surface area contributed by atoms with E-state index >= 15 is 0 Å². The Morgan fingerprint density at radius 1 is 1.41 bits per heavy atom. The monoisotopic (exact) mass is 236 g/mol. The summed E-state index contributed by atoms with van der Waals surface area (Å²) >= 11 is 0. The number of anilines is 1. The number of ether oxygens (including phenoxy) is 1. The van der Waals surface area contributed by atoms with Gasteiger partial charge in [0.1, 0.15) is 5.75 Å². The van der Waals surface area contributed by atoms with Crippen LogP contribution in [0.5, 0.6) is 5.75 Å². The van der Waals surface area contributed by atoms with Gasteiger partial charge >= 0.3 is 6.03 Å². The third-order valence-electron chi connectivity index (χ3n) is 2.56. The smallest absolute Gasteiger partial charge is 0.321 e. The molecule has 0 aliphatic carbocycles. The second-order valence-electron chi connectivity index (χ2n) is 3.82. The fourth-order valence-electron chi connectivity index (χ4n) is 1.51. The molecule has 94 valence electrons. The quantitative estimate of drug-likeness (QED) is 0.798. The van der Waals surface area contributed by atoms with E-state index in [-0.39, 0.29) is 6.03 Å². The van der Waals surface area contributed by atoms with Crippen molar-refractivity contribution in [1.82, 2.24) is 5.32 Å². The van der Waals surface area contributed by atoms with Crippen LogP contribution in [0.2, 0.25) is 0 Å². The Morgan fingerprint density at radius 3 is 2.76 bits per heavy atom. The molecule has 0 unspecified atom stereocenters. The van der Waals surface area contributed by atoms with E-state index in [2.05, 4.69) is 12.2 Å². The molecule has 17 heavy (non-hydrogen) atoms. The van der Waals surface area contributed by atoms with E-state index in [0.717, 1.165) is 18.5 Å². The number of para-hydroxylation sites is 2. The number of unbranched alkanes of at least 4 members (excludes halogenated alkanes) is 1. The van der Waals surface area contributed by atoms with Gasteiger partial charge in [-0.2, -0.15) is 0 Å². The molecule has 0 saturated carbocycles. The number of benzene rings is 1. The lowest BCUT2D eigenvalue weighted by atomic mass is 10.3. The van der Waals surface area contributed by atoms with E-state index < -0.39 is 0 Å². The van der Waals surface area contributed by atoms with Gasteiger partial charge in [0.05, 0.1) is 12.8 Å². The number of rotatable bonds is 5. The summed E-state index contributed by atoms with van der Waals surface area (Å²) in [7, 11) is 3.33. The summed E-state index contributed by atoms with van der Waals surface area (Å²) < 4.78 is 5.22. The van der Waals surface area contributed by atoms with Crippen LogP contribution in [0.1, 0.15) is 19.8 Å². The van der Waals surface area contributed by atoms with Gasteiger partial charge in [0.2, 0.25) is 0 Å². The number of carbonyl (C=O) groups is 1. The molecule has 1 aromatic rings. The van der Waals surface area contributed by atoms with Crippen molar-refractivity contribution in [2.75, 3.05) is 25.6 Å². The van der Waals surface area contributed by atoms with Gasteiger partial charge in [0, 0.05) is 13.6 Å². The fourth-order valence-corrected chi connectivity index (χ4v) is 1.51. The normalized spacial score (nSPS) is 9.82. The summed E-state index contributed by atoms with van der Waals surface area (Å²) in [5, 5.41) is 2.86. The minimum Gasteiger partial charge on any atom is -0.495 e. The molecule has 1 N–H and O–H groups in total. The Kier molecular flexibility index (Phi) is 5.33. The van der Waals surface area contributed by atoms with Crippen molar-refractivity contribution in [3.8, 4) is 5.75 Å². The van der Waals surface area contributed by atoms with Crippen LogP contribution >= 0.6 is 0 Å². The lowest BCUT2D eigenvalue weighted by Crippen LogP contribution is -2.37. The number of methoxy groups -OCH3 is 1. The van der Waals surface area contributed by atoms with Gasteiger partial charge in [-0.15, -0.1) is 0 Å². The molecule has 0 fully saturated rings. The molecule has 0 aromatic heterocycles. The summed E-state index contributed by atoms with van der Waals surface area (Å²) in [5.74, 6) is 0.695. The van der Waals surface area contributed by atoms with Gasteiger partial charge in [-0.1, -0.05) is 25.5 Å². The number of nitrogens with zero attached hydrogens (tertiary/aromatic N) is 1. The van der Waals surface area contributed by atoms with E-state index in [1.165, 1.54) is 0 Å². The number of amides is 2. The van der Waals surface area contributed by atoms with Crippen molar-refractivity contribution in [1.29, 1.82) is 0 Å². The molecule has 0 atom stereocenters. The van der Waals surface area contributed by atoms with Crippen molar-refractivity contribution >= 4 is 11.7 Å². The molecule has 4 heteroatoms. The fraction of sp³-hybridized carbons (Fsp3) is 0.462. The maximum Gasteiger partial charge on any atom is 0.321 e. The van der Waals surface area contributed by atoms with Crippen LogP contribution in [0.4, 0.5) is 10.5 Å². The molecule has 0 spiro atoms. The topological polar surface area (TPSA) is 41.6 Å². The molecule has 1 rings (SSSR count). The summed E-state index contributed by atoms with van der Waals surface area (Å²) in [6, 6.07) is 7.35. The predicted octanol–water partition coefficient (Wildman–Crippen LogP) is 2.64. The summed E-state index contributed by atoms with van der Waals surface area (Å²) in [6.07, 6.45) is 2.06. The Hall–Kier alpha value is -1.71. The van der Waals surface area contributed by atoms with E-state index in [4.69, 9.17) is 4.74 Å². The first kappa shape index (κ1) is 13.4. The molecule has 4 nitrogen and oxygen atoms in total. The maximum atomic E-state index is 11.8. The lowest BCUT2D eigenvalue weighted by molar-refractivity contribution is 0.247. The largest absolute Gasteiger partial charge is 0.495 e. The van der Waals surface area contributed by atoms with Crippen LogP contribution in [0.3, 0.4) is 0 Å². The molecule has 0 aliphatic heterocycles. The standard InChI is InChI=1S/C13H20N2O2/c1-4-5-10-14-13(16)15(2)11-8-6-7-9-12(11)17-3/h6-9H,4-5,10H2,1-3H3,(H,14,16). The van der Waals surface area contributed by atoms with Crippen LogP contribution in [-0.4, -0.2) is 26.7 Å². The molecule has 0 saturated heterocycles. The summed E-state index contributed by atoms with van der Waals surface area (Å²) in [6.45, 7) is 2.80. The van der Waals surface area contributed by atoms with Crippen molar-refractivity contribution in [3.05, 3.63) is 24.3 Å². The van der Waals surface area contributed by atoms with Crippen LogP contribution in [0.25, 0.3) is 0 Å². The molecule has 2 amide bonds. The predicted molar refractivity (Wildman–Crippen MR) is 69.7 cm³/mol. The zero-order valence-corrected chi connectivity index (χ0v) is 10.7. The number of carbonyl (C=O) groups excluding carboxylic acids is 1. The Bertz CT molecular complexity index is 366. The minimum absolute atomic E-state index is 0.108. The van der Waals surface area contributed by atoms with Crippen LogP contribution in [-0.2, 0) is 0 Å². The van der Waals surface area contributed by atoms with E-state index in [1.54, 1.807) is 19.1 Å². The molecule has 1 aromatic carbocycles. The van der Waals surface area contributed by atoms with Gasteiger partial charge in [0.25, 0.3) is 0 Å². The first-order valence-corrected chi connectivity index (χ1v) is 5.85. The highest BCUT2D eigenvalue weighted by molar-refractivity contribution is 5.92. The summed E-state index contributed by atoms with van der Waals surface area (Å²) in [4.78, 5) is 13.4. The van der Waals surface area contributed by atoms with E-state index in [0.29, 0.717) is 12.3 Å². The first-order valence-electron chi connectivity index (χ1n) is 5.85. The number of nitrogens with one attached hydrogen (secondary N) is 1. The Morgan fingerprint density at radius 2 is 2.12 bits per heavy atom. The summed E-state index contributed by atoms with van der Waals surface area (Å²) in [5.41, 5.74) is 0.768. The van der Waals surface area contributed by atoms with Crippen molar-refractivity contribution in [2.45, 2.75) is 19.8 Å². The van der Waals surface area contributed by atoms with E-state index in [9.17, 15) is 4.79 Å². The van der Waals surface area contributed by atoms with Crippen LogP contribution in [0.15, 0.2) is 24.3 Å². The van der Waals surface area contributed by atoms with Gasteiger partial charge in [-0.3, -0.25) is 4.90 Å². The third kappa shape index (κ3) is 3.66. The number of hydrogen-bond donors (Lipinski definition) is 1. The second kappa shape index (κ2) is 6.78.